The molecule has 4 nitrogen and oxygen atoms in total. The first-order valence-electron chi connectivity index (χ1n) is 7.65. The van der Waals surface area contributed by atoms with Gasteiger partial charge in [0.15, 0.2) is 0 Å². The minimum absolute atomic E-state index is 0.399. The van der Waals surface area contributed by atoms with Gasteiger partial charge in [-0.05, 0) is 24.1 Å². The first kappa shape index (κ1) is 14.2. The van der Waals surface area contributed by atoms with Gasteiger partial charge < -0.3 is 5.32 Å². The fourth-order valence-electron chi connectivity index (χ4n) is 2.96. The van der Waals surface area contributed by atoms with Crippen LogP contribution in [0.2, 0.25) is 0 Å². The molecule has 1 saturated heterocycles. The van der Waals surface area contributed by atoms with E-state index in [4.69, 9.17) is 0 Å². The molecule has 0 amide bonds. The van der Waals surface area contributed by atoms with E-state index in [0.29, 0.717) is 12.1 Å². The average Bonchev–Trinajstić information content (AvgIpc) is 2.56. The van der Waals surface area contributed by atoms with Crippen LogP contribution in [0, 0.1) is 0 Å². The lowest BCUT2D eigenvalue weighted by Gasteiger charge is -2.40. The molecule has 3 rings (SSSR count). The lowest BCUT2D eigenvalue weighted by atomic mass is 10.00. The van der Waals surface area contributed by atoms with Crippen LogP contribution in [0.5, 0.6) is 0 Å². The van der Waals surface area contributed by atoms with Crippen LogP contribution >= 0.6 is 0 Å². The first-order chi connectivity index (χ1) is 10.4. The standard InChI is InChI=1S/C17H22N4/c1-2-15-12-21(13-16-9-6-10-19-20-16)17(11-18-15)14-7-4-3-5-8-14/h3-10,15,17-18H,2,11-13H2,1H3. The zero-order valence-electron chi connectivity index (χ0n) is 12.4. The quantitative estimate of drug-likeness (QED) is 0.935. The summed E-state index contributed by atoms with van der Waals surface area (Å²) in [6, 6.07) is 15.7. The van der Waals surface area contributed by atoms with Gasteiger partial charge in [-0.3, -0.25) is 4.90 Å². The highest BCUT2D eigenvalue weighted by atomic mass is 15.2. The summed E-state index contributed by atoms with van der Waals surface area (Å²) in [6.07, 6.45) is 2.88. The maximum Gasteiger partial charge on any atom is 0.0771 e. The lowest BCUT2D eigenvalue weighted by Crippen LogP contribution is -2.51. The number of nitrogens with one attached hydrogen (secondary N) is 1. The van der Waals surface area contributed by atoms with Gasteiger partial charge in [0.2, 0.25) is 0 Å². The van der Waals surface area contributed by atoms with Gasteiger partial charge in [-0.15, -0.1) is 0 Å². The second-order valence-electron chi connectivity index (χ2n) is 5.58. The molecule has 0 aliphatic carbocycles. The molecule has 2 unspecified atom stereocenters. The number of nitrogens with zero attached hydrogens (tertiary/aromatic N) is 3. The second kappa shape index (κ2) is 6.78. The van der Waals surface area contributed by atoms with Gasteiger partial charge in [0, 0.05) is 37.9 Å². The molecule has 4 heteroatoms. The molecule has 0 spiro atoms. The van der Waals surface area contributed by atoms with Crippen molar-refractivity contribution in [3.05, 3.63) is 59.9 Å². The Morgan fingerprint density at radius 2 is 2.05 bits per heavy atom. The maximum atomic E-state index is 4.24. The van der Waals surface area contributed by atoms with E-state index in [1.165, 1.54) is 5.56 Å². The Kier molecular flexibility index (Phi) is 4.58. The van der Waals surface area contributed by atoms with Crippen LogP contribution in [0.25, 0.3) is 0 Å². The SMILES string of the molecule is CCC1CN(Cc2cccnn2)C(c2ccccc2)CN1. The third-order valence-corrected chi connectivity index (χ3v) is 4.17. The summed E-state index contributed by atoms with van der Waals surface area (Å²) in [4.78, 5) is 2.52. The Hall–Kier alpha value is -1.78. The van der Waals surface area contributed by atoms with Gasteiger partial charge in [-0.25, -0.2) is 0 Å². The van der Waals surface area contributed by atoms with Gasteiger partial charge in [0.1, 0.15) is 0 Å². The minimum Gasteiger partial charge on any atom is -0.311 e. The molecular weight excluding hydrogens is 260 g/mol. The van der Waals surface area contributed by atoms with Crippen molar-refractivity contribution >= 4 is 0 Å². The molecule has 2 atom stereocenters. The Labute approximate surface area is 126 Å². The normalized spacial score (nSPS) is 23.1. The molecule has 0 radical (unpaired) electrons. The number of rotatable bonds is 4. The van der Waals surface area contributed by atoms with Crippen LogP contribution in [-0.2, 0) is 6.54 Å². The highest BCUT2D eigenvalue weighted by Gasteiger charge is 2.28. The zero-order valence-corrected chi connectivity index (χ0v) is 12.4. The van der Waals surface area contributed by atoms with E-state index >= 15 is 0 Å². The van der Waals surface area contributed by atoms with Crippen molar-refractivity contribution in [3.8, 4) is 0 Å². The van der Waals surface area contributed by atoms with E-state index in [1.54, 1.807) is 6.20 Å². The molecule has 1 aromatic heterocycles. The highest BCUT2D eigenvalue weighted by Crippen LogP contribution is 2.25. The predicted molar refractivity (Wildman–Crippen MR) is 83.7 cm³/mol. The second-order valence-corrected chi connectivity index (χ2v) is 5.58. The van der Waals surface area contributed by atoms with Crippen molar-refractivity contribution < 1.29 is 0 Å². The van der Waals surface area contributed by atoms with Crippen LogP contribution in [-0.4, -0.2) is 34.2 Å². The van der Waals surface area contributed by atoms with Gasteiger partial charge in [0.05, 0.1) is 5.69 Å². The third kappa shape index (κ3) is 3.46. The van der Waals surface area contributed by atoms with Crippen LogP contribution < -0.4 is 5.32 Å². The smallest absolute Gasteiger partial charge is 0.0771 e. The molecule has 0 bridgehead atoms. The largest absolute Gasteiger partial charge is 0.311 e. The average molecular weight is 282 g/mol. The number of hydrogen-bond acceptors (Lipinski definition) is 4. The summed E-state index contributed by atoms with van der Waals surface area (Å²) in [5.41, 5.74) is 2.40. The molecule has 110 valence electrons. The summed E-state index contributed by atoms with van der Waals surface area (Å²) in [7, 11) is 0. The summed E-state index contributed by atoms with van der Waals surface area (Å²) >= 11 is 0. The number of hydrogen-bond donors (Lipinski definition) is 1. The molecule has 1 aromatic carbocycles. The predicted octanol–water partition coefficient (Wildman–Crippen LogP) is 2.40. The minimum atomic E-state index is 0.399. The number of benzene rings is 1. The van der Waals surface area contributed by atoms with E-state index in [1.807, 2.05) is 6.07 Å². The molecule has 21 heavy (non-hydrogen) atoms. The van der Waals surface area contributed by atoms with Crippen molar-refractivity contribution in [1.82, 2.24) is 20.4 Å². The third-order valence-electron chi connectivity index (χ3n) is 4.17. The molecular formula is C17H22N4. The van der Waals surface area contributed by atoms with Crippen molar-refractivity contribution in [2.45, 2.75) is 32.0 Å². The van der Waals surface area contributed by atoms with E-state index in [0.717, 1.165) is 31.7 Å². The molecule has 2 heterocycles. The summed E-state index contributed by atoms with van der Waals surface area (Å²) in [6.45, 7) is 5.13. The monoisotopic (exact) mass is 282 g/mol. The summed E-state index contributed by atoms with van der Waals surface area (Å²) in [5.74, 6) is 0. The summed E-state index contributed by atoms with van der Waals surface area (Å²) in [5, 5.41) is 11.9. The van der Waals surface area contributed by atoms with Crippen molar-refractivity contribution in [1.29, 1.82) is 0 Å². The Balaban J connectivity index is 1.80. The highest BCUT2D eigenvalue weighted by molar-refractivity contribution is 5.20. The summed E-state index contributed by atoms with van der Waals surface area (Å²) < 4.78 is 0. The van der Waals surface area contributed by atoms with Crippen molar-refractivity contribution in [2.24, 2.45) is 0 Å². The number of piperazine rings is 1. The van der Waals surface area contributed by atoms with E-state index in [9.17, 15) is 0 Å². The van der Waals surface area contributed by atoms with Gasteiger partial charge in [-0.2, -0.15) is 10.2 Å². The topological polar surface area (TPSA) is 41.1 Å². The molecule has 1 aliphatic rings. The Morgan fingerprint density at radius 3 is 2.76 bits per heavy atom. The van der Waals surface area contributed by atoms with E-state index in [-0.39, 0.29) is 0 Å². The van der Waals surface area contributed by atoms with Crippen molar-refractivity contribution in [3.63, 3.8) is 0 Å². The van der Waals surface area contributed by atoms with Crippen molar-refractivity contribution in [2.75, 3.05) is 13.1 Å². The van der Waals surface area contributed by atoms with Crippen LogP contribution in [0.1, 0.15) is 30.6 Å². The fraction of sp³-hybridized carbons (Fsp3) is 0.412. The first-order valence-corrected chi connectivity index (χ1v) is 7.65. The van der Waals surface area contributed by atoms with E-state index in [2.05, 4.69) is 63.7 Å². The van der Waals surface area contributed by atoms with Gasteiger partial charge in [0.25, 0.3) is 0 Å². The van der Waals surface area contributed by atoms with E-state index < -0.39 is 0 Å². The van der Waals surface area contributed by atoms with Gasteiger partial charge in [-0.1, -0.05) is 37.3 Å². The Bertz CT molecular complexity index is 543. The van der Waals surface area contributed by atoms with Crippen LogP contribution in [0.4, 0.5) is 0 Å². The molecule has 2 aromatic rings. The fourth-order valence-corrected chi connectivity index (χ4v) is 2.96. The number of aromatic nitrogens is 2. The van der Waals surface area contributed by atoms with Crippen LogP contribution in [0.15, 0.2) is 48.7 Å². The molecule has 1 fully saturated rings. The maximum absolute atomic E-state index is 4.24. The Morgan fingerprint density at radius 1 is 1.19 bits per heavy atom. The molecule has 1 N–H and O–H groups in total. The van der Waals surface area contributed by atoms with Crippen LogP contribution in [0.3, 0.4) is 0 Å². The van der Waals surface area contributed by atoms with Gasteiger partial charge >= 0.3 is 0 Å². The molecule has 1 aliphatic heterocycles. The zero-order chi connectivity index (χ0) is 14.5. The molecule has 0 saturated carbocycles. The lowest BCUT2D eigenvalue weighted by molar-refractivity contribution is 0.119.